The Kier molecular flexibility index (Phi) is 4.31. The van der Waals surface area contributed by atoms with E-state index in [4.69, 9.17) is 10.8 Å². The maximum atomic E-state index is 11.8. The van der Waals surface area contributed by atoms with Gasteiger partial charge in [-0.2, -0.15) is 0 Å². The Morgan fingerprint density at radius 1 is 1.56 bits per heavy atom. The number of carbonyl (C=O) groups is 1. The lowest BCUT2D eigenvalue weighted by Crippen LogP contribution is -2.36. The Bertz CT molecular complexity index is 373. The molecule has 4 nitrogen and oxygen atoms in total. The van der Waals surface area contributed by atoms with E-state index in [1.165, 1.54) is 0 Å². The fourth-order valence-electron chi connectivity index (χ4n) is 1.36. The predicted octanol–water partition coefficient (Wildman–Crippen LogP) is 1.08. The van der Waals surface area contributed by atoms with Gasteiger partial charge in [-0.05, 0) is 37.1 Å². The van der Waals surface area contributed by atoms with Crippen LogP contribution in [-0.2, 0) is 0 Å². The molecule has 0 radical (unpaired) electrons. The van der Waals surface area contributed by atoms with E-state index in [0.29, 0.717) is 17.7 Å². The van der Waals surface area contributed by atoms with E-state index in [0.717, 1.165) is 5.56 Å². The van der Waals surface area contributed by atoms with Crippen LogP contribution in [0, 0.1) is 6.92 Å². The quantitative estimate of drug-likeness (QED) is 0.667. The molecule has 0 saturated heterocycles. The lowest BCUT2D eigenvalue weighted by atomic mass is 10.1. The highest BCUT2D eigenvalue weighted by molar-refractivity contribution is 5.95. The molecule has 4 N–H and O–H groups in total. The number of hydrogen-bond donors (Lipinski definition) is 3. The van der Waals surface area contributed by atoms with Crippen LogP contribution >= 0.6 is 0 Å². The molecule has 4 heteroatoms. The number of hydrogen-bond acceptors (Lipinski definition) is 3. The number of rotatable bonds is 4. The standard InChI is InChI=1S/C12H18N2O2/c1-3-10(7-15)14-12(16)9-4-5-11(13)8(2)6-9/h4-6,10,15H,3,7,13H2,1-2H3,(H,14,16)/t10-/m0/s1. The smallest absolute Gasteiger partial charge is 0.251 e. The number of amides is 1. The van der Waals surface area contributed by atoms with E-state index < -0.39 is 0 Å². The summed E-state index contributed by atoms with van der Waals surface area (Å²) in [6.45, 7) is 3.72. The molecule has 0 aliphatic heterocycles. The molecule has 1 aromatic carbocycles. The maximum absolute atomic E-state index is 11.8. The van der Waals surface area contributed by atoms with Crippen LogP contribution in [0.5, 0.6) is 0 Å². The molecule has 0 aliphatic rings. The van der Waals surface area contributed by atoms with Gasteiger partial charge in [0.2, 0.25) is 0 Å². The molecule has 0 unspecified atom stereocenters. The summed E-state index contributed by atoms with van der Waals surface area (Å²) in [6.07, 6.45) is 0.705. The zero-order valence-corrected chi connectivity index (χ0v) is 9.66. The molecule has 1 atom stereocenters. The third-order valence-corrected chi connectivity index (χ3v) is 2.58. The second-order valence-corrected chi connectivity index (χ2v) is 3.83. The molecular weight excluding hydrogens is 204 g/mol. The summed E-state index contributed by atoms with van der Waals surface area (Å²) in [6, 6.07) is 4.95. The lowest BCUT2D eigenvalue weighted by molar-refractivity contribution is 0.0915. The van der Waals surface area contributed by atoms with Gasteiger partial charge in [-0.1, -0.05) is 6.92 Å². The monoisotopic (exact) mass is 222 g/mol. The topological polar surface area (TPSA) is 75.3 Å². The average molecular weight is 222 g/mol. The zero-order valence-electron chi connectivity index (χ0n) is 9.66. The highest BCUT2D eigenvalue weighted by Gasteiger charge is 2.11. The molecule has 1 rings (SSSR count). The second kappa shape index (κ2) is 5.51. The fourth-order valence-corrected chi connectivity index (χ4v) is 1.36. The Morgan fingerprint density at radius 2 is 2.25 bits per heavy atom. The molecule has 16 heavy (non-hydrogen) atoms. The molecule has 0 bridgehead atoms. The Morgan fingerprint density at radius 3 is 2.75 bits per heavy atom. The van der Waals surface area contributed by atoms with Gasteiger partial charge in [0.15, 0.2) is 0 Å². The van der Waals surface area contributed by atoms with Gasteiger partial charge in [0.1, 0.15) is 0 Å². The highest BCUT2D eigenvalue weighted by Crippen LogP contribution is 2.12. The minimum absolute atomic E-state index is 0.0454. The SMILES string of the molecule is CC[C@@H](CO)NC(=O)c1ccc(N)c(C)c1. The van der Waals surface area contributed by atoms with E-state index in [1.54, 1.807) is 18.2 Å². The minimum atomic E-state index is -0.189. The number of anilines is 1. The van der Waals surface area contributed by atoms with Crippen molar-refractivity contribution in [3.8, 4) is 0 Å². The van der Waals surface area contributed by atoms with Gasteiger partial charge in [0.05, 0.1) is 12.6 Å². The number of aryl methyl sites for hydroxylation is 1. The van der Waals surface area contributed by atoms with Crippen molar-refractivity contribution in [1.29, 1.82) is 0 Å². The Labute approximate surface area is 95.5 Å². The molecule has 0 saturated carbocycles. The molecule has 88 valence electrons. The molecule has 0 heterocycles. The van der Waals surface area contributed by atoms with Crippen molar-refractivity contribution < 1.29 is 9.90 Å². The van der Waals surface area contributed by atoms with Crippen LogP contribution in [0.15, 0.2) is 18.2 Å². The largest absolute Gasteiger partial charge is 0.399 e. The summed E-state index contributed by atoms with van der Waals surface area (Å²) >= 11 is 0. The maximum Gasteiger partial charge on any atom is 0.251 e. The van der Waals surface area contributed by atoms with Crippen molar-refractivity contribution in [3.63, 3.8) is 0 Å². The molecule has 0 aromatic heterocycles. The summed E-state index contributed by atoms with van der Waals surface area (Å²) < 4.78 is 0. The third-order valence-electron chi connectivity index (χ3n) is 2.58. The van der Waals surface area contributed by atoms with Crippen LogP contribution in [0.3, 0.4) is 0 Å². The summed E-state index contributed by atoms with van der Waals surface area (Å²) in [5, 5.41) is 11.7. The third kappa shape index (κ3) is 2.97. The minimum Gasteiger partial charge on any atom is -0.399 e. The average Bonchev–Trinajstić information content (AvgIpc) is 2.29. The number of benzene rings is 1. The first-order valence-corrected chi connectivity index (χ1v) is 5.36. The summed E-state index contributed by atoms with van der Waals surface area (Å²) in [7, 11) is 0. The van der Waals surface area contributed by atoms with E-state index in [-0.39, 0.29) is 18.6 Å². The van der Waals surface area contributed by atoms with Crippen molar-refractivity contribution in [2.24, 2.45) is 0 Å². The fraction of sp³-hybridized carbons (Fsp3) is 0.417. The number of aliphatic hydroxyl groups excluding tert-OH is 1. The number of nitrogen functional groups attached to an aromatic ring is 1. The van der Waals surface area contributed by atoms with E-state index >= 15 is 0 Å². The van der Waals surface area contributed by atoms with Crippen molar-refractivity contribution in [2.75, 3.05) is 12.3 Å². The normalized spacial score (nSPS) is 12.2. The number of carbonyl (C=O) groups excluding carboxylic acids is 1. The second-order valence-electron chi connectivity index (χ2n) is 3.83. The van der Waals surface area contributed by atoms with Crippen LogP contribution in [0.2, 0.25) is 0 Å². The molecule has 0 spiro atoms. The summed E-state index contributed by atoms with van der Waals surface area (Å²) in [4.78, 5) is 11.8. The van der Waals surface area contributed by atoms with Gasteiger partial charge in [0, 0.05) is 11.3 Å². The van der Waals surface area contributed by atoms with Gasteiger partial charge in [-0.3, -0.25) is 4.79 Å². The van der Waals surface area contributed by atoms with E-state index in [1.807, 2.05) is 13.8 Å². The molecule has 1 amide bonds. The molecule has 0 aliphatic carbocycles. The zero-order chi connectivity index (χ0) is 12.1. The van der Waals surface area contributed by atoms with Crippen molar-refractivity contribution in [3.05, 3.63) is 29.3 Å². The van der Waals surface area contributed by atoms with Crippen LogP contribution in [0.4, 0.5) is 5.69 Å². The lowest BCUT2D eigenvalue weighted by Gasteiger charge is -2.14. The van der Waals surface area contributed by atoms with Crippen LogP contribution in [0.25, 0.3) is 0 Å². The molecular formula is C12H18N2O2. The number of nitrogens with one attached hydrogen (secondary N) is 1. The first-order valence-electron chi connectivity index (χ1n) is 5.36. The molecule has 0 fully saturated rings. The van der Waals surface area contributed by atoms with Crippen molar-refractivity contribution in [2.45, 2.75) is 26.3 Å². The van der Waals surface area contributed by atoms with Crippen molar-refractivity contribution in [1.82, 2.24) is 5.32 Å². The molecule has 1 aromatic rings. The van der Waals surface area contributed by atoms with Gasteiger partial charge < -0.3 is 16.2 Å². The van der Waals surface area contributed by atoms with Gasteiger partial charge in [-0.15, -0.1) is 0 Å². The predicted molar refractivity (Wildman–Crippen MR) is 64.2 cm³/mol. The van der Waals surface area contributed by atoms with E-state index in [9.17, 15) is 4.79 Å². The summed E-state index contributed by atoms with van der Waals surface area (Å²) in [5.41, 5.74) is 7.79. The van der Waals surface area contributed by atoms with Gasteiger partial charge >= 0.3 is 0 Å². The Hall–Kier alpha value is -1.55. The first-order chi connectivity index (χ1) is 7.58. The van der Waals surface area contributed by atoms with Gasteiger partial charge in [0.25, 0.3) is 5.91 Å². The van der Waals surface area contributed by atoms with Crippen LogP contribution < -0.4 is 11.1 Å². The van der Waals surface area contributed by atoms with Crippen molar-refractivity contribution >= 4 is 11.6 Å². The summed E-state index contributed by atoms with van der Waals surface area (Å²) in [5.74, 6) is -0.177. The first kappa shape index (κ1) is 12.5. The van der Waals surface area contributed by atoms with Crippen LogP contribution in [0.1, 0.15) is 29.3 Å². The number of nitrogens with two attached hydrogens (primary N) is 1. The van der Waals surface area contributed by atoms with Crippen LogP contribution in [-0.4, -0.2) is 23.7 Å². The van der Waals surface area contributed by atoms with E-state index in [2.05, 4.69) is 5.32 Å². The number of aliphatic hydroxyl groups is 1. The highest BCUT2D eigenvalue weighted by atomic mass is 16.3. The van der Waals surface area contributed by atoms with Gasteiger partial charge in [-0.25, -0.2) is 0 Å². The Balaban J connectivity index is 2.76.